The van der Waals surface area contributed by atoms with Crippen LogP contribution in [0.3, 0.4) is 0 Å². The largest absolute Gasteiger partial charge is 0.454 e. The number of amides is 1. The van der Waals surface area contributed by atoms with Crippen LogP contribution in [0.4, 0.5) is 0 Å². The molecule has 0 saturated heterocycles. The van der Waals surface area contributed by atoms with Crippen molar-refractivity contribution in [2.24, 2.45) is 0 Å². The maximum atomic E-state index is 11.4. The van der Waals surface area contributed by atoms with Crippen LogP contribution >= 0.6 is 0 Å². The van der Waals surface area contributed by atoms with Crippen molar-refractivity contribution in [1.82, 2.24) is 5.32 Å². The van der Waals surface area contributed by atoms with E-state index in [-0.39, 0.29) is 12.7 Å². The van der Waals surface area contributed by atoms with Crippen LogP contribution in [0.15, 0.2) is 36.4 Å². The second-order valence-electron chi connectivity index (χ2n) is 4.76. The highest BCUT2D eigenvalue weighted by Gasteiger charge is 2.11. The number of benzene rings is 1. The molecule has 1 heterocycles. The monoisotopic (exact) mass is 289 g/mol. The van der Waals surface area contributed by atoms with Gasteiger partial charge in [-0.25, -0.2) is 0 Å². The summed E-state index contributed by atoms with van der Waals surface area (Å²) in [6, 6.07) is 5.66. The van der Waals surface area contributed by atoms with Crippen molar-refractivity contribution >= 4 is 12.0 Å². The highest BCUT2D eigenvalue weighted by atomic mass is 16.7. The number of nitrogens with one attached hydrogen (secondary N) is 1. The molecule has 1 aliphatic heterocycles. The van der Waals surface area contributed by atoms with Gasteiger partial charge in [-0.05, 0) is 31.0 Å². The highest BCUT2D eigenvalue weighted by molar-refractivity contribution is 5.87. The summed E-state index contributed by atoms with van der Waals surface area (Å²) < 4.78 is 10.5. The molecule has 5 heteroatoms. The zero-order chi connectivity index (χ0) is 15.1. The molecule has 2 rings (SSSR count). The summed E-state index contributed by atoms with van der Waals surface area (Å²) in [5.74, 6) is 1.31. The topological polar surface area (TPSA) is 67.8 Å². The molecule has 1 aliphatic rings. The quantitative estimate of drug-likeness (QED) is 0.620. The van der Waals surface area contributed by atoms with Crippen molar-refractivity contribution in [3.05, 3.63) is 42.0 Å². The van der Waals surface area contributed by atoms with Gasteiger partial charge in [0.15, 0.2) is 11.5 Å². The van der Waals surface area contributed by atoms with Crippen molar-refractivity contribution < 1.29 is 19.4 Å². The molecule has 0 spiro atoms. The number of allylic oxidation sites excluding steroid dienone is 2. The molecule has 1 aromatic carbocycles. The van der Waals surface area contributed by atoms with E-state index in [4.69, 9.17) is 14.6 Å². The minimum absolute atomic E-state index is 0.175. The van der Waals surface area contributed by atoms with E-state index in [0.717, 1.165) is 17.1 Å². The van der Waals surface area contributed by atoms with Crippen LogP contribution < -0.4 is 14.8 Å². The second kappa shape index (κ2) is 7.50. The third kappa shape index (κ3) is 4.96. The van der Waals surface area contributed by atoms with Crippen molar-refractivity contribution in [1.29, 1.82) is 0 Å². The second-order valence-corrected chi connectivity index (χ2v) is 4.76. The molecule has 0 bridgehead atoms. The first-order valence-corrected chi connectivity index (χ1v) is 6.85. The van der Waals surface area contributed by atoms with E-state index in [1.54, 1.807) is 19.1 Å². The zero-order valence-corrected chi connectivity index (χ0v) is 11.9. The van der Waals surface area contributed by atoms with Crippen LogP contribution in [0.2, 0.25) is 0 Å². The van der Waals surface area contributed by atoms with Crippen LogP contribution in [0.5, 0.6) is 11.5 Å². The van der Waals surface area contributed by atoms with Crippen molar-refractivity contribution in [2.75, 3.05) is 13.3 Å². The third-order valence-corrected chi connectivity index (χ3v) is 2.91. The summed E-state index contributed by atoms with van der Waals surface area (Å²) >= 11 is 0. The first-order valence-electron chi connectivity index (χ1n) is 6.85. The van der Waals surface area contributed by atoms with E-state index < -0.39 is 6.10 Å². The molecular formula is C16H19NO4. The fraction of sp³-hybridized carbons (Fsp3) is 0.312. The predicted octanol–water partition coefficient (Wildman–Crippen LogP) is 1.87. The van der Waals surface area contributed by atoms with Gasteiger partial charge >= 0.3 is 0 Å². The first-order chi connectivity index (χ1) is 10.1. The van der Waals surface area contributed by atoms with Crippen molar-refractivity contribution in [2.45, 2.75) is 19.4 Å². The fourth-order valence-corrected chi connectivity index (χ4v) is 1.79. The Morgan fingerprint density at radius 3 is 3.00 bits per heavy atom. The first kappa shape index (κ1) is 15.1. The minimum atomic E-state index is -0.403. The van der Waals surface area contributed by atoms with Gasteiger partial charge in [-0.15, -0.1) is 0 Å². The standard InChI is InChI=1S/C16H19NO4/c1-12(18)8-9-17-16(19)5-3-2-4-13-6-7-14-15(10-13)21-11-20-14/h2-7,10,12,18H,8-9,11H2,1H3,(H,17,19)/b4-2+,5-3+. The van der Waals surface area contributed by atoms with Gasteiger partial charge in [-0.2, -0.15) is 0 Å². The Morgan fingerprint density at radius 2 is 2.19 bits per heavy atom. The summed E-state index contributed by atoms with van der Waals surface area (Å²) in [5, 5.41) is 11.8. The molecule has 0 radical (unpaired) electrons. The molecule has 21 heavy (non-hydrogen) atoms. The Bertz CT molecular complexity index is 549. The number of carbonyl (C=O) groups excluding carboxylic acids is 1. The van der Waals surface area contributed by atoms with Gasteiger partial charge in [-0.3, -0.25) is 4.79 Å². The Kier molecular flexibility index (Phi) is 5.40. The molecule has 5 nitrogen and oxygen atoms in total. The molecular weight excluding hydrogens is 270 g/mol. The van der Waals surface area contributed by atoms with E-state index in [2.05, 4.69) is 5.32 Å². The lowest BCUT2D eigenvalue weighted by atomic mass is 10.2. The Morgan fingerprint density at radius 1 is 1.38 bits per heavy atom. The van der Waals surface area contributed by atoms with Gasteiger partial charge < -0.3 is 19.9 Å². The fourth-order valence-electron chi connectivity index (χ4n) is 1.79. The van der Waals surface area contributed by atoms with Crippen molar-refractivity contribution in [3.8, 4) is 11.5 Å². The number of hydrogen-bond donors (Lipinski definition) is 2. The Labute approximate surface area is 123 Å². The van der Waals surface area contributed by atoms with E-state index in [1.165, 1.54) is 6.08 Å². The van der Waals surface area contributed by atoms with Crippen molar-refractivity contribution in [3.63, 3.8) is 0 Å². The lowest BCUT2D eigenvalue weighted by molar-refractivity contribution is -0.116. The summed E-state index contributed by atoms with van der Waals surface area (Å²) in [5.41, 5.74) is 0.971. The predicted molar refractivity (Wildman–Crippen MR) is 80.0 cm³/mol. The summed E-state index contributed by atoms with van der Waals surface area (Å²) in [7, 11) is 0. The molecule has 1 atom stereocenters. The summed E-state index contributed by atoms with van der Waals surface area (Å²) in [6.07, 6.45) is 6.92. The van der Waals surface area contributed by atoms with Crippen LogP contribution in [-0.4, -0.2) is 30.5 Å². The van der Waals surface area contributed by atoms with Gasteiger partial charge in [0, 0.05) is 12.6 Å². The molecule has 2 N–H and O–H groups in total. The van der Waals surface area contributed by atoms with Gasteiger partial charge in [0.1, 0.15) is 0 Å². The molecule has 1 amide bonds. The summed E-state index contributed by atoms with van der Waals surface area (Å²) in [4.78, 5) is 11.4. The molecule has 0 fully saturated rings. The zero-order valence-electron chi connectivity index (χ0n) is 11.9. The third-order valence-electron chi connectivity index (χ3n) is 2.91. The van der Waals surface area contributed by atoms with Gasteiger partial charge in [0.05, 0.1) is 6.10 Å². The van der Waals surface area contributed by atoms with E-state index in [1.807, 2.05) is 24.3 Å². The number of rotatable bonds is 6. The minimum Gasteiger partial charge on any atom is -0.454 e. The lowest BCUT2D eigenvalue weighted by Crippen LogP contribution is -2.24. The van der Waals surface area contributed by atoms with Crippen LogP contribution in [-0.2, 0) is 4.79 Å². The highest BCUT2D eigenvalue weighted by Crippen LogP contribution is 2.32. The Hall–Kier alpha value is -2.27. The summed E-state index contributed by atoms with van der Waals surface area (Å²) in [6.45, 7) is 2.41. The van der Waals surface area contributed by atoms with Crippen LogP contribution in [0.1, 0.15) is 18.9 Å². The number of aliphatic hydroxyl groups is 1. The smallest absolute Gasteiger partial charge is 0.243 e. The average molecular weight is 289 g/mol. The van der Waals surface area contributed by atoms with Crippen LogP contribution in [0.25, 0.3) is 6.08 Å². The number of carbonyl (C=O) groups is 1. The maximum absolute atomic E-state index is 11.4. The molecule has 1 aromatic rings. The molecule has 0 aromatic heterocycles. The van der Waals surface area contributed by atoms with Gasteiger partial charge in [0.2, 0.25) is 12.7 Å². The Balaban J connectivity index is 1.79. The average Bonchev–Trinajstić information content (AvgIpc) is 2.90. The molecule has 0 saturated carbocycles. The number of fused-ring (bicyclic) bond motifs is 1. The number of hydrogen-bond acceptors (Lipinski definition) is 4. The van der Waals surface area contributed by atoms with E-state index >= 15 is 0 Å². The normalized spacial score (nSPS) is 14.8. The maximum Gasteiger partial charge on any atom is 0.243 e. The molecule has 0 aliphatic carbocycles. The van der Waals surface area contributed by atoms with E-state index in [9.17, 15) is 4.79 Å². The van der Waals surface area contributed by atoms with Gasteiger partial charge in [-0.1, -0.05) is 24.3 Å². The number of ether oxygens (including phenoxy) is 2. The SMILES string of the molecule is CC(O)CCNC(=O)/C=C/C=C/c1ccc2c(c1)OCO2. The number of aliphatic hydroxyl groups excluding tert-OH is 1. The van der Waals surface area contributed by atoms with E-state index in [0.29, 0.717) is 13.0 Å². The molecule has 112 valence electrons. The van der Waals surface area contributed by atoms with Crippen LogP contribution in [0, 0.1) is 0 Å². The van der Waals surface area contributed by atoms with Gasteiger partial charge in [0.25, 0.3) is 0 Å². The molecule has 1 unspecified atom stereocenters. The lowest BCUT2D eigenvalue weighted by Gasteiger charge is -2.03.